The number of nitrogens with two attached hydrogens (primary N) is 1. The minimum atomic E-state index is 0.487. The summed E-state index contributed by atoms with van der Waals surface area (Å²) in [5, 5.41) is 0. The largest absolute Gasteiger partial charge is 0.370 e. The van der Waals surface area contributed by atoms with Crippen molar-refractivity contribution in [2.75, 3.05) is 37.6 Å². The molecule has 0 saturated carbocycles. The van der Waals surface area contributed by atoms with Crippen LogP contribution in [0.3, 0.4) is 0 Å². The van der Waals surface area contributed by atoms with Crippen LogP contribution in [0.1, 0.15) is 26.2 Å². The Kier molecular flexibility index (Phi) is 5.67. The number of likely N-dealkylation sites (N-methyl/N-ethyl adjacent to an activating group) is 1. The maximum atomic E-state index is 6.02. The lowest BCUT2D eigenvalue weighted by atomic mass is 10.1. The predicted molar refractivity (Wildman–Crippen MR) is 82.6 cm³/mol. The van der Waals surface area contributed by atoms with Crippen LogP contribution >= 0.6 is 0 Å². The van der Waals surface area contributed by atoms with Crippen molar-refractivity contribution >= 4 is 5.69 Å². The maximum absolute atomic E-state index is 6.02. The lowest BCUT2D eigenvalue weighted by Gasteiger charge is -2.37. The molecule has 1 aromatic carbocycles. The molecule has 1 fully saturated rings. The number of likely N-dealkylation sites (tertiary alicyclic amines) is 1. The molecule has 19 heavy (non-hydrogen) atoms. The number of rotatable bonds is 6. The molecule has 1 atom stereocenters. The maximum Gasteiger partial charge on any atom is 0.0393 e. The van der Waals surface area contributed by atoms with E-state index in [1.165, 1.54) is 38.0 Å². The van der Waals surface area contributed by atoms with Crippen LogP contribution in [0.25, 0.3) is 0 Å². The van der Waals surface area contributed by atoms with Gasteiger partial charge in [0.15, 0.2) is 0 Å². The minimum absolute atomic E-state index is 0.487. The molecular formula is C16H27N3. The van der Waals surface area contributed by atoms with E-state index in [0.717, 1.165) is 19.6 Å². The molecule has 1 heterocycles. The van der Waals surface area contributed by atoms with E-state index < -0.39 is 0 Å². The molecule has 0 amide bonds. The van der Waals surface area contributed by atoms with Gasteiger partial charge in [0.2, 0.25) is 0 Å². The van der Waals surface area contributed by atoms with Crippen molar-refractivity contribution in [1.29, 1.82) is 0 Å². The summed E-state index contributed by atoms with van der Waals surface area (Å²) in [5.74, 6) is 0. The average molecular weight is 261 g/mol. The fraction of sp³-hybridized carbons (Fsp3) is 0.625. The average Bonchev–Trinajstić information content (AvgIpc) is 2.50. The zero-order chi connectivity index (χ0) is 13.5. The second kappa shape index (κ2) is 7.51. The first-order valence-electron chi connectivity index (χ1n) is 7.59. The lowest BCUT2D eigenvalue weighted by Crippen LogP contribution is -2.50. The molecule has 1 unspecified atom stereocenters. The van der Waals surface area contributed by atoms with Gasteiger partial charge >= 0.3 is 0 Å². The van der Waals surface area contributed by atoms with Gasteiger partial charge in [0.25, 0.3) is 0 Å². The van der Waals surface area contributed by atoms with Crippen molar-refractivity contribution in [3.63, 3.8) is 0 Å². The fourth-order valence-electron chi connectivity index (χ4n) is 2.93. The molecule has 0 aromatic heterocycles. The van der Waals surface area contributed by atoms with E-state index in [1.807, 2.05) is 0 Å². The van der Waals surface area contributed by atoms with Gasteiger partial charge in [-0.1, -0.05) is 24.6 Å². The number of hydrogen-bond donors (Lipinski definition) is 1. The van der Waals surface area contributed by atoms with E-state index in [2.05, 4.69) is 47.1 Å². The summed E-state index contributed by atoms with van der Waals surface area (Å²) in [6, 6.07) is 11.1. The topological polar surface area (TPSA) is 32.5 Å². The number of anilines is 1. The second-order valence-corrected chi connectivity index (χ2v) is 5.36. The summed E-state index contributed by atoms with van der Waals surface area (Å²) in [7, 11) is 0. The molecule has 1 saturated heterocycles. The Labute approximate surface area is 117 Å². The molecule has 2 N–H and O–H groups in total. The Morgan fingerprint density at radius 2 is 1.84 bits per heavy atom. The zero-order valence-electron chi connectivity index (χ0n) is 12.1. The van der Waals surface area contributed by atoms with E-state index in [4.69, 9.17) is 5.73 Å². The first kappa shape index (κ1) is 14.4. The highest BCUT2D eigenvalue weighted by atomic mass is 15.2. The van der Waals surface area contributed by atoms with Crippen LogP contribution in [0.15, 0.2) is 30.3 Å². The summed E-state index contributed by atoms with van der Waals surface area (Å²) < 4.78 is 0. The molecule has 106 valence electrons. The standard InChI is InChI=1S/C16H27N3/c1-2-18(15-9-5-3-6-10-15)14-16(13-17)19-11-7-4-8-12-19/h3,5-6,9-10,16H,2,4,7-8,11-14,17H2,1H3. The lowest BCUT2D eigenvalue weighted by molar-refractivity contribution is 0.169. The van der Waals surface area contributed by atoms with E-state index in [0.29, 0.717) is 6.04 Å². The summed E-state index contributed by atoms with van der Waals surface area (Å²) in [6.07, 6.45) is 4.03. The third kappa shape index (κ3) is 3.95. The smallest absolute Gasteiger partial charge is 0.0393 e. The van der Waals surface area contributed by atoms with Crippen LogP contribution in [0.4, 0.5) is 5.69 Å². The van der Waals surface area contributed by atoms with Crippen molar-refractivity contribution in [3.8, 4) is 0 Å². The molecule has 0 spiro atoms. The first-order valence-corrected chi connectivity index (χ1v) is 7.59. The van der Waals surface area contributed by atoms with Crippen LogP contribution in [0.2, 0.25) is 0 Å². The summed E-state index contributed by atoms with van der Waals surface area (Å²) in [4.78, 5) is 5.02. The van der Waals surface area contributed by atoms with Gasteiger partial charge < -0.3 is 10.6 Å². The Bertz CT molecular complexity index is 346. The summed E-state index contributed by atoms with van der Waals surface area (Å²) >= 11 is 0. The van der Waals surface area contributed by atoms with Crippen molar-refractivity contribution in [2.45, 2.75) is 32.2 Å². The highest BCUT2D eigenvalue weighted by Gasteiger charge is 2.21. The summed E-state index contributed by atoms with van der Waals surface area (Å²) in [5.41, 5.74) is 7.32. The van der Waals surface area contributed by atoms with Crippen molar-refractivity contribution in [1.82, 2.24) is 4.90 Å². The highest BCUT2D eigenvalue weighted by Crippen LogP contribution is 2.17. The van der Waals surface area contributed by atoms with Gasteiger partial charge in [-0.05, 0) is 45.0 Å². The van der Waals surface area contributed by atoms with Crippen LogP contribution in [0.5, 0.6) is 0 Å². The van der Waals surface area contributed by atoms with Crippen molar-refractivity contribution in [2.24, 2.45) is 5.73 Å². The van der Waals surface area contributed by atoms with Gasteiger partial charge in [0.05, 0.1) is 0 Å². The Morgan fingerprint density at radius 1 is 1.16 bits per heavy atom. The number of nitrogens with zero attached hydrogens (tertiary/aromatic N) is 2. The molecule has 1 aliphatic heterocycles. The Hall–Kier alpha value is -1.06. The quantitative estimate of drug-likeness (QED) is 0.853. The van der Waals surface area contributed by atoms with Crippen molar-refractivity contribution < 1.29 is 0 Å². The van der Waals surface area contributed by atoms with Gasteiger partial charge in [-0.2, -0.15) is 0 Å². The molecule has 0 bridgehead atoms. The zero-order valence-corrected chi connectivity index (χ0v) is 12.1. The fourth-order valence-corrected chi connectivity index (χ4v) is 2.93. The highest BCUT2D eigenvalue weighted by molar-refractivity contribution is 5.46. The molecule has 1 aliphatic rings. The number of benzene rings is 1. The first-order chi connectivity index (χ1) is 9.35. The normalized spacial score (nSPS) is 18.2. The molecule has 1 aromatic rings. The Morgan fingerprint density at radius 3 is 2.42 bits per heavy atom. The van der Waals surface area contributed by atoms with Gasteiger partial charge in [0.1, 0.15) is 0 Å². The molecular weight excluding hydrogens is 234 g/mol. The van der Waals surface area contributed by atoms with Gasteiger partial charge in [-0.15, -0.1) is 0 Å². The summed E-state index contributed by atoms with van der Waals surface area (Å²) in [6.45, 7) is 7.48. The second-order valence-electron chi connectivity index (χ2n) is 5.36. The number of para-hydroxylation sites is 1. The number of piperidine rings is 1. The van der Waals surface area contributed by atoms with Crippen LogP contribution in [0, 0.1) is 0 Å². The van der Waals surface area contributed by atoms with E-state index in [9.17, 15) is 0 Å². The van der Waals surface area contributed by atoms with Gasteiger partial charge in [-0.25, -0.2) is 0 Å². The Balaban J connectivity index is 1.99. The predicted octanol–water partition coefficient (Wildman–Crippen LogP) is 2.33. The van der Waals surface area contributed by atoms with Crippen LogP contribution < -0.4 is 10.6 Å². The monoisotopic (exact) mass is 261 g/mol. The van der Waals surface area contributed by atoms with Gasteiger partial charge in [0, 0.05) is 31.4 Å². The molecule has 0 aliphatic carbocycles. The molecule has 2 rings (SSSR count). The minimum Gasteiger partial charge on any atom is -0.370 e. The third-order valence-electron chi connectivity index (χ3n) is 4.11. The van der Waals surface area contributed by atoms with Gasteiger partial charge in [-0.3, -0.25) is 4.90 Å². The number of hydrogen-bond acceptors (Lipinski definition) is 3. The van der Waals surface area contributed by atoms with E-state index in [-0.39, 0.29) is 0 Å². The van der Waals surface area contributed by atoms with E-state index in [1.54, 1.807) is 0 Å². The SMILES string of the molecule is CCN(CC(CN)N1CCCCC1)c1ccccc1. The van der Waals surface area contributed by atoms with Crippen LogP contribution in [-0.2, 0) is 0 Å². The van der Waals surface area contributed by atoms with Crippen LogP contribution in [-0.4, -0.2) is 43.7 Å². The molecule has 3 nitrogen and oxygen atoms in total. The molecule has 0 radical (unpaired) electrons. The third-order valence-corrected chi connectivity index (χ3v) is 4.11. The van der Waals surface area contributed by atoms with E-state index >= 15 is 0 Å². The molecule has 3 heteroatoms. The van der Waals surface area contributed by atoms with Crippen molar-refractivity contribution in [3.05, 3.63) is 30.3 Å².